The molecule has 28 heavy (non-hydrogen) atoms. The third kappa shape index (κ3) is 3.40. The highest BCUT2D eigenvalue weighted by molar-refractivity contribution is 5.23. The first-order valence-corrected chi connectivity index (χ1v) is 9.75. The van der Waals surface area contributed by atoms with Crippen LogP contribution in [0.4, 0.5) is 0 Å². The Labute approximate surface area is 163 Å². The number of ether oxygens (including phenoxy) is 1. The summed E-state index contributed by atoms with van der Waals surface area (Å²) in [6, 6.07) is 10.3. The van der Waals surface area contributed by atoms with Crippen molar-refractivity contribution in [2.24, 2.45) is 0 Å². The summed E-state index contributed by atoms with van der Waals surface area (Å²) >= 11 is 0. The van der Waals surface area contributed by atoms with Gasteiger partial charge in [0.05, 0.1) is 0 Å². The summed E-state index contributed by atoms with van der Waals surface area (Å²) in [6.07, 6.45) is 0.662. The van der Waals surface area contributed by atoms with Crippen molar-refractivity contribution in [2.75, 3.05) is 6.61 Å². The molecule has 0 bridgehead atoms. The van der Waals surface area contributed by atoms with Gasteiger partial charge in [-0.2, -0.15) is 10.1 Å². The zero-order valence-electron chi connectivity index (χ0n) is 16.4. The molecule has 0 saturated carbocycles. The summed E-state index contributed by atoms with van der Waals surface area (Å²) in [7, 11) is 0. The Hall–Kier alpha value is -2.74. The molecule has 1 aliphatic rings. The van der Waals surface area contributed by atoms with Crippen molar-refractivity contribution in [3.63, 3.8) is 0 Å². The van der Waals surface area contributed by atoms with E-state index in [2.05, 4.69) is 27.4 Å². The Balaban J connectivity index is 1.66. The van der Waals surface area contributed by atoms with E-state index in [4.69, 9.17) is 9.26 Å². The monoisotopic (exact) mass is 383 g/mol. The van der Waals surface area contributed by atoms with Gasteiger partial charge in [0.1, 0.15) is 12.6 Å². The molecule has 0 aliphatic carbocycles. The fourth-order valence-electron chi connectivity index (χ4n) is 3.65. The smallest absolute Gasteiger partial charge is 0.346 e. The lowest BCUT2D eigenvalue weighted by Gasteiger charge is -2.18. The molecule has 3 aromatic rings. The molecule has 1 fully saturated rings. The SMILES string of the molecule is CCn1c([C@H]2OCC[C@H]2c2ccccc2)nn(Cc2noc(C(C)C)n2)c1=O. The Bertz CT molecular complexity index is 989. The Morgan fingerprint density at radius 3 is 2.71 bits per heavy atom. The standard InChI is InChI=1S/C20H25N5O3/c1-4-24-18(17-15(10-11-27-17)14-8-6-5-7-9-14)22-25(20(24)26)12-16-21-19(13(2)3)28-23-16/h5-9,13,15,17H,4,10-12H2,1-3H3/t15-,17-/m0/s1. The Morgan fingerprint density at radius 1 is 1.25 bits per heavy atom. The molecule has 1 aliphatic heterocycles. The molecule has 8 nitrogen and oxygen atoms in total. The maximum Gasteiger partial charge on any atom is 0.346 e. The van der Waals surface area contributed by atoms with Crippen LogP contribution in [-0.2, 0) is 17.8 Å². The quantitative estimate of drug-likeness (QED) is 0.650. The predicted octanol–water partition coefficient (Wildman–Crippen LogP) is 2.86. The topological polar surface area (TPSA) is 88.0 Å². The Kier molecular flexibility index (Phi) is 5.13. The molecule has 2 atom stereocenters. The molecule has 0 unspecified atom stereocenters. The number of aromatic nitrogens is 5. The number of hydrogen-bond acceptors (Lipinski definition) is 6. The van der Waals surface area contributed by atoms with Crippen LogP contribution >= 0.6 is 0 Å². The average molecular weight is 383 g/mol. The highest BCUT2D eigenvalue weighted by Gasteiger charge is 2.35. The van der Waals surface area contributed by atoms with E-state index in [-0.39, 0.29) is 30.2 Å². The van der Waals surface area contributed by atoms with Crippen LogP contribution < -0.4 is 5.69 Å². The van der Waals surface area contributed by atoms with Crippen LogP contribution in [0.15, 0.2) is 39.6 Å². The summed E-state index contributed by atoms with van der Waals surface area (Å²) in [5.41, 5.74) is 1.02. The number of rotatable bonds is 6. The molecule has 0 amide bonds. The van der Waals surface area contributed by atoms with Crippen molar-refractivity contribution in [1.82, 2.24) is 24.5 Å². The summed E-state index contributed by atoms with van der Waals surface area (Å²) in [6.45, 7) is 7.26. The summed E-state index contributed by atoms with van der Waals surface area (Å²) in [4.78, 5) is 17.2. The number of hydrogen-bond donors (Lipinski definition) is 0. The molecule has 2 aromatic heterocycles. The van der Waals surface area contributed by atoms with Crippen LogP contribution in [0.1, 0.15) is 68.2 Å². The van der Waals surface area contributed by atoms with Crippen molar-refractivity contribution in [3.05, 3.63) is 63.9 Å². The minimum absolute atomic E-state index is 0.139. The summed E-state index contributed by atoms with van der Waals surface area (Å²) < 4.78 is 14.3. The molecular weight excluding hydrogens is 358 g/mol. The first kappa shape index (κ1) is 18.6. The highest BCUT2D eigenvalue weighted by atomic mass is 16.5. The van der Waals surface area contributed by atoms with E-state index in [9.17, 15) is 4.79 Å². The lowest BCUT2D eigenvalue weighted by atomic mass is 9.92. The van der Waals surface area contributed by atoms with E-state index >= 15 is 0 Å². The highest BCUT2D eigenvalue weighted by Crippen LogP contribution is 2.40. The lowest BCUT2D eigenvalue weighted by molar-refractivity contribution is 0.0934. The van der Waals surface area contributed by atoms with Gasteiger partial charge in [0, 0.05) is 25.0 Å². The van der Waals surface area contributed by atoms with E-state index in [0.717, 1.165) is 6.42 Å². The molecule has 0 radical (unpaired) electrons. The molecule has 0 N–H and O–H groups in total. The summed E-state index contributed by atoms with van der Waals surface area (Å²) in [5, 5.41) is 8.58. The van der Waals surface area contributed by atoms with Gasteiger partial charge in [-0.05, 0) is 18.9 Å². The van der Waals surface area contributed by atoms with Crippen molar-refractivity contribution < 1.29 is 9.26 Å². The van der Waals surface area contributed by atoms with Gasteiger partial charge in [0.2, 0.25) is 5.89 Å². The van der Waals surface area contributed by atoms with Crippen LogP contribution in [0.25, 0.3) is 0 Å². The minimum Gasteiger partial charge on any atom is -0.370 e. The third-order valence-corrected chi connectivity index (χ3v) is 5.11. The van der Waals surface area contributed by atoms with E-state index < -0.39 is 0 Å². The second kappa shape index (κ2) is 7.71. The van der Waals surface area contributed by atoms with Gasteiger partial charge in [-0.3, -0.25) is 4.57 Å². The van der Waals surface area contributed by atoms with Gasteiger partial charge in [0.15, 0.2) is 11.6 Å². The van der Waals surface area contributed by atoms with Gasteiger partial charge in [-0.15, -0.1) is 0 Å². The first-order chi connectivity index (χ1) is 13.6. The molecule has 3 heterocycles. The zero-order valence-corrected chi connectivity index (χ0v) is 16.4. The van der Waals surface area contributed by atoms with Crippen molar-refractivity contribution in [1.29, 1.82) is 0 Å². The van der Waals surface area contributed by atoms with E-state index in [0.29, 0.717) is 30.7 Å². The molecule has 0 spiro atoms. The van der Waals surface area contributed by atoms with Crippen molar-refractivity contribution >= 4 is 0 Å². The average Bonchev–Trinajstić information content (AvgIpc) is 3.42. The second-order valence-electron chi connectivity index (χ2n) is 7.34. The van der Waals surface area contributed by atoms with E-state index in [1.807, 2.05) is 39.0 Å². The largest absolute Gasteiger partial charge is 0.370 e. The number of nitrogens with zero attached hydrogens (tertiary/aromatic N) is 5. The fraction of sp³-hybridized carbons (Fsp3) is 0.500. The van der Waals surface area contributed by atoms with Crippen LogP contribution in [0.2, 0.25) is 0 Å². The fourth-order valence-corrected chi connectivity index (χ4v) is 3.65. The van der Waals surface area contributed by atoms with Crippen molar-refractivity contribution in [3.8, 4) is 0 Å². The maximum atomic E-state index is 12.9. The van der Waals surface area contributed by atoms with Crippen LogP contribution in [0.5, 0.6) is 0 Å². The van der Waals surface area contributed by atoms with Gasteiger partial charge in [0.25, 0.3) is 0 Å². The third-order valence-electron chi connectivity index (χ3n) is 5.11. The molecule has 1 aromatic carbocycles. The van der Waals surface area contributed by atoms with Crippen LogP contribution in [-0.4, -0.2) is 31.1 Å². The first-order valence-electron chi connectivity index (χ1n) is 9.75. The molecule has 148 valence electrons. The Morgan fingerprint density at radius 2 is 2.04 bits per heavy atom. The molecule has 8 heteroatoms. The minimum atomic E-state index is -0.243. The van der Waals surface area contributed by atoms with E-state index in [1.165, 1.54) is 10.2 Å². The second-order valence-corrected chi connectivity index (χ2v) is 7.34. The van der Waals surface area contributed by atoms with Gasteiger partial charge < -0.3 is 9.26 Å². The predicted molar refractivity (Wildman–Crippen MR) is 102 cm³/mol. The van der Waals surface area contributed by atoms with Gasteiger partial charge >= 0.3 is 5.69 Å². The molecule has 1 saturated heterocycles. The van der Waals surface area contributed by atoms with Crippen LogP contribution in [0, 0.1) is 0 Å². The van der Waals surface area contributed by atoms with Crippen molar-refractivity contribution in [2.45, 2.75) is 58.2 Å². The maximum absolute atomic E-state index is 12.9. The van der Waals surface area contributed by atoms with Gasteiger partial charge in [-0.25, -0.2) is 9.48 Å². The summed E-state index contributed by atoms with van der Waals surface area (Å²) in [5.74, 6) is 1.98. The normalized spacial score (nSPS) is 19.6. The molecular formula is C20H25N5O3. The van der Waals surface area contributed by atoms with Gasteiger partial charge in [-0.1, -0.05) is 49.3 Å². The lowest BCUT2D eigenvalue weighted by Crippen LogP contribution is -2.26. The molecule has 4 rings (SSSR count). The zero-order chi connectivity index (χ0) is 19.7. The van der Waals surface area contributed by atoms with E-state index in [1.54, 1.807) is 4.57 Å². The number of benzene rings is 1. The van der Waals surface area contributed by atoms with Crippen LogP contribution in [0.3, 0.4) is 0 Å².